The van der Waals surface area contributed by atoms with Crippen LogP contribution in [0.2, 0.25) is 0 Å². The molecule has 0 bridgehead atoms. The minimum atomic E-state index is -4.38. The van der Waals surface area contributed by atoms with Crippen molar-refractivity contribution >= 4 is 19.8 Å². The normalized spacial score (nSPS) is 13.6. The molecule has 0 aromatic heterocycles. The number of carbonyl (C=O) groups is 2. The lowest BCUT2D eigenvalue weighted by Gasteiger charge is -2.24. The monoisotopic (exact) mass is 1010 g/mol. The summed E-state index contributed by atoms with van der Waals surface area (Å²) in [6.07, 6.45) is 64.9. The van der Waals surface area contributed by atoms with Crippen molar-refractivity contribution in [3.05, 3.63) is 48.6 Å². The molecule has 0 saturated carbocycles. The van der Waals surface area contributed by atoms with Gasteiger partial charge in [0.15, 0.2) is 6.10 Å². The molecule has 10 heteroatoms. The van der Waals surface area contributed by atoms with Crippen molar-refractivity contribution in [2.75, 3.05) is 47.5 Å². The predicted molar refractivity (Wildman–Crippen MR) is 298 cm³/mol. The third-order valence-electron chi connectivity index (χ3n) is 12.8. The Morgan fingerprint density at radius 2 is 0.800 bits per heavy atom. The summed E-state index contributed by atoms with van der Waals surface area (Å²) in [5, 5.41) is 0. The fraction of sp³-hybridized carbons (Fsp3) is 0.833. The number of likely N-dealkylation sites (N-methyl/N-ethyl adjacent to an activating group) is 1. The SMILES string of the molecule is CCC/C=C\C/C=C\CCCCCCCC(=O)OCC(COP(=O)(O)OCC[N+](C)(C)C)OC(=O)CCCCCCCCCCCCCCCCCCCCCCC/C=C\C/C=C\CCCCCCC. The molecule has 1 N–H and O–H groups in total. The van der Waals surface area contributed by atoms with Gasteiger partial charge in [-0.3, -0.25) is 18.6 Å². The van der Waals surface area contributed by atoms with Gasteiger partial charge >= 0.3 is 19.8 Å². The van der Waals surface area contributed by atoms with Crippen molar-refractivity contribution < 1.29 is 42.1 Å². The van der Waals surface area contributed by atoms with E-state index in [0.717, 1.165) is 70.6 Å². The molecule has 0 aromatic rings. The standard InChI is InChI=1S/C60H112NO8P/c1-6-8-10-12-14-16-18-20-21-22-23-24-25-26-27-28-29-30-31-32-33-34-35-36-37-38-39-41-43-45-47-49-51-53-60(63)69-58(57-68-70(64,65)67-55-54-61(3,4)5)56-66-59(62)52-50-48-46-44-42-40-19-17-15-13-11-9-7-2/h11,13,17-20,22-23,58H,6-10,12,14-16,21,24-57H2,1-5H3/p+1/b13-11-,19-17-,20-18-,23-22-. The summed E-state index contributed by atoms with van der Waals surface area (Å²) >= 11 is 0. The highest BCUT2D eigenvalue weighted by Crippen LogP contribution is 2.43. The molecule has 0 saturated heterocycles. The van der Waals surface area contributed by atoms with Crippen molar-refractivity contribution in [2.45, 2.75) is 277 Å². The van der Waals surface area contributed by atoms with Gasteiger partial charge in [0.2, 0.25) is 0 Å². The molecule has 0 radical (unpaired) electrons. The van der Waals surface area contributed by atoms with Crippen LogP contribution in [0.15, 0.2) is 48.6 Å². The quantitative estimate of drug-likeness (QED) is 0.0211. The van der Waals surface area contributed by atoms with Crippen molar-refractivity contribution in [3.63, 3.8) is 0 Å². The summed E-state index contributed by atoms with van der Waals surface area (Å²) in [6.45, 7) is 4.36. The van der Waals surface area contributed by atoms with E-state index in [2.05, 4.69) is 62.5 Å². The van der Waals surface area contributed by atoms with Crippen LogP contribution >= 0.6 is 7.82 Å². The molecular weight excluding hydrogens is 894 g/mol. The Morgan fingerprint density at radius 3 is 1.19 bits per heavy atom. The molecule has 9 nitrogen and oxygen atoms in total. The topological polar surface area (TPSA) is 108 Å². The number of unbranched alkanes of at least 4 members (excludes halogenated alkanes) is 32. The summed E-state index contributed by atoms with van der Waals surface area (Å²) in [4.78, 5) is 35.6. The number of phosphoric ester groups is 1. The molecule has 2 atom stereocenters. The summed E-state index contributed by atoms with van der Waals surface area (Å²) in [5.41, 5.74) is 0. The maximum atomic E-state index is 12.8. The van der Waals surface area contributed by atoms with Crippen LogP contribution in [0.1, 0.15) is 271 Å². The number of allylic oxidation sites excluding steroid dienone is 8. The van der Waals surface area contributed by atoms with Crippen molar-refractivity contribution in [2.24, 2.45) is 0 Å². The Bertz CT molecular complexity index is 1320. The van der Waals surface area contributed by atoms with Gasteiger partial charge < -0.3 is 18.9 Å². The Labute approximate surface area is 433 Å². The first-order valence-electron chi connectivity index (χ1n) is 29.4. The first-order valence-corrected chi connectivity index (χ1v) is 30.9. The van der Waals surface area contributed by atoms with E-state index < -0.39 is 26.5 Å². The van der Waals surface area contributed by atoms with Crippen LogP contribution in [0.3, 0.4) is 0 Å². The van der Waals surface area contributed by atoms with Crippen molar-refractivity contribution in [3.8, 4) is 0 Å². The molecule has 0 aliphatic carbocycles. The average molecular weight is 1010 g/mol. The van der Waals surface area contributed by atoms with E-state index in [9.17, 15) is 19.0 Å². The Morgan fingerprint density at radius 1 is 0.443 bits per heavy atom. The predicted octanol–water partition coefficient (Wildman–Crippen LogP) is 18.1. The van der Waals surface area contributed by atoms with E-state index in [-0.39, 0.29) is 32.0 Å². The van der Waals surface area contributed by atoms with Crippen LogP contribution in [0.25, 0.3) is 0 Å². The summed E-state index contributed by atoms with van der Waals surface area (Å²) in [7, 11) is 1.48. The van der Waals surface area contributed by atoms with Gasteiger partial charge in [-0.05, 0) is 70.6 Å². The molecule has 70 heavy (non-hydrogen) atoms. The zero-order chi connectivity index (χ0) is 51.3. The zero-order valence-corrected chi connectivity index (χ0v) is 47.4. The minimum absolute atomic E-state index is 0.0299. The van der Waals surface area contributed by atoms with Crippen molar-refractivity contribution in [1.82, 2.24) is 0 Å². The van der Waals surface area contributed by atoms with Gasteiger partial charge in [-0.25, -0.2) is 4.57 Å². The van der Waals surface area contributed by atoms with E-state index in [0.29, 0.717) is 17.4 Å². The smallest absolute Gasteiger partial charge is 0.462 e. The maximum absolute atomic E-state index is 12.8. The Balaban J connectivity index is 3.99. The maximum Gasteiger partial charge on any atom is 0.472 e. The second-order valence-corrected chi connectivity index (χ2v) is 22.5. The summed E-state index contributed by atoms with van der Waals surface area (Å²) in [6, 6.07) is 0. The number of ether oxygens (including phenoxy) is 2. The van der Waals surface area contributed by atoms with Crippen LogP contribution in [0, 0.1) is 0 Å². The van der Waals surface area contributed by atoms with Gasteiger partial charge in [0.25, 0.3) is 0 Å². The molecule has 0 fully saturated rings. The number of hydrogen-bond acceptors (Lipinski definition) is 7. The Kier molecular flexibility index (Phi) is 50.4. The average Bonchev–Trinajstić information content (AvgIpc) is 3.32. The van der Waals surface area contributed by atoms with Gasteiger partial charge in [0.05, 0.1) is 27.7 Å². The number of carbonyl (C=O) groups excluding carboxylic acids is 2. The van der Waals surface area contributed by atoms with E-state index in [1.54, 1.807) is 0 Å². The lowest BCUT2D eigenvalue weighted by Crippen LogP contribution is -2.37. The molecule has 410 valence electrons. The molecule has 2 unspecified atom stereocenters. The zero-order valence-electron chi connectivity index (χ0n) is 46.5. The third kappa shape index (κ3) is 55.3. The van der Waals surface area contributed by atoms with Gasteiger partial charge in [-0.2, -0.15) is 0 Å². The van der Waals surface area contributed by atoms with Crippen LogP contribution in [-0.4, -0.2) is 74.9 Å². The molecule has 0 aliphatic rings. The molecule has 0 spiro atoms. The lowest BCUT2D eigenvalue weighted by atomic mass is 10.0. The summed E-state index contributed by atoms with van der Waals surface area (Å²) < 4.78 is 34.5. The fourth-order valence-corrected chi connectivity index (χ4v) is 9.00. The van der Waals surface area contributed by atoms with Gasteiger partial charge in [0.1, 0.15) is 19.8 Å². The van der Waals surface area contributed by atoms with Gasteiger partial charge in [0, 0.05) is 12.8 Å². The van der Waals surface area contributed by atoms with Crippen LogP contribution in [0.4, 0.5) is 0 Å². The minimum Gasteiger partial charge on any atom is -0.462 e. The molecule has 0 aliphatic heterocycles. The van der Waals surface area contributed by atoms with E-state index in [4.69, 9.17) is 18.5 Å². The van der Waals surface area contributed by atoms with Crippen molar-refractivity contribution in [1.29, 1.82) is 0 Å². The second kappa shape index (κ2) is 51.9. The van der Waals surface area contributed by atoms with Crippen LogP contribution < -0.4 is 0 Å². The molecule has 0 aromatic carbocycles. The first kappa shape index (κ1) is 68.0. The Hall–Kier alpha value is -2.03. The molecule has 0 amide bonds. The van der Waals surface area contributed by atoms with Crippen LogP contribution in [0.5, 0.6) is 0 Å². The first-order chi connectivity index (χ1) is 34.0. The second-order valence-electron chi connectivity index (χ2n) is 21.0. The number of rotatable bonds is 54. The number of nitrogens with zero attached hydrogens (tertiary/aromatic N) is 1. The van der Waals surface area contributed by atoms with Crippen LogP contribution in [-0.2, 0) is 32.7 Å². The number of phosphoric acid groups is 1. The number of hydrogen-bond donors (Lipinski definition) is 1. The van der Waals surface area contributed by atoms with E-state index in [1.165, 1.54) is 167 Å². The fourth-order valence-electron chi connectivity index (χ4n) is 8.26. The van der Waals surface area contributed by atoms with Gasteiger partial charge in [-0.15, -0.1) is 0 Å². The lowest BCUT2D eigenvalue weighted by molar-refractivity contribution is -0.870. The molecule has 0 rings (SSSR count). The van der Waals surface area contributed by atoms with E-state index >= 15 is 0 Å². The largest absolute Gasteiger partial charge is 0.472 e. The molecular formula is C60H113NO8P+. The summed E-state index contributed by atoms with van der Waals surface area (Å²) in [5.74, 6) is -0.806. The third-order valence-corrected chi connectivity index (χ3v) is 13.8. The highest BCUT2D eigenvalue weighted by atomic mass is 31.2. The number of esters is 2. The van der Waals surface area contributed by atoms with Gasteiger partial charge in [-0.1, -0.05) is 236 Å². The highest BCUT2D eigenvalue weighted by Gasteiger charge is 2.27. The highest BCUT2D eigenvalue weighted by molar-refractivity contribution is 7.47. The molecule has 0 heterocycles. The number of quaternary nitrogens is 1. The van der Waals surface area contributed by atoms with E-state index in [1.807, 2.05) is 21.1 Å².